The molecule has 0 saturated heterocycles. The average Bonchev–Trinajstić information content (AvgIpc) is 2.73. The molecule has 0 saturated carbocycles. The highest BCUT2D eigenvalue weighted by molar-refractivity contribution is 9.10. The summed E-state index contributed by atoms with van der Waals surface area (Å²) in [6.45, 7) is 6.50. The zero-order valence-electron chi connectivity index (χ0n) is 10.8. The maximum absolute atomic E-state index is 10.6. The molecule has 0 aliphatic rings. The van der Waals surface area contributed by atoms with E-state index in [1.165, 1.54) is 5.56 Å². The highest BCUT2D eigenvalue weighted by Gasteiger charge is 2.23. The van der Waals surface area contributed by atoms with E-state index in [0.717, 1.165) is 15.6 Å². The van der Waals surface area contributed by atoms with Crippen LogP contribution < -0.4 is 0 Å². The van der Waals surface area contributed by atoms with E-state index in [1.54, 1.807) is 11.3 Å². The molecule has 0 radical (unpaired) electrons. The van der Waals surface area contributed by atoms with Crippen LogP contribution in [-0.4, -0.2) is 5.11 Å². The number of rotatable bonds is 2. The Morgan fingerprint density at radius 2 is 1.78 bits per heavy atom. The Bertz CT molecular complexity index is 539. The first-order valence-electron chi connectivity index (χ1n) is 5.90. The summed E-state index contributed by atoms with van der Waals surface area (Å²) in [6.07, 6.45) is -0.568. The third-order valence-corrected chi connectivity index (χ3v) is 4.75. The number of thiophene rings is 1. The number of aliphatic hydroxyl groups is 1. The second-order valence-corrected chi connectivity index (χ2v) is 7.01. The Labute approximate surface area is 121 Å². The number of halogens is 1. The summed E-state index contributed by atoms with van der Waals surface area (Å²) in [7, 11) is 0. The fourth-order valence-corrected chi connectivity index (χ4v) is 3.61. The van der Waals surface area contributed by atoms with Crippen molar-refractivity contribution < 1.29 is 5.11 Å². The van der Waals surface area contributed by atoms with Gasteiger partial charge in [0.15, 0.2) is 0 Å². The topological polar surface area (TPSA) is 20.2 Å². The van der Waals surface area contributed by atoms with E-state index in [4.69, 9.17) is 0 Å². The summed E-state index contributed by atoms with van der Waals surface area (Å²) >= 11 is 5.09. The summed E-state index contributed by atoms with van der Waals surface area (Å²) in [5, 5.41) is 14.6. The van der Waals surface area contributed by atoms with Gasteiger partial charge < -0.3 is 5.11 Å². The van der Waals surface area contributed by atoms with E-state index in [2.05, 4.69) is 42.8 Å². The molecule has 1 aromatic carbocycles. The molecule has 3 heteroatoms. The molecule has 1 atom stereocenters. The van der Waals surface area contributed by atoms with Crippen LogP contribution in [-0.2, 0) is 5.41 Å². The lowest BCUT2D eigenvalue weighted by Gasteiger charge is -2.25. The zero-order valence-corrected chi connectivity index (χ0v) is 13.2. The molecule has 0 bridgehead atoms. The van der Waals surface area contributed by atoms with Gasteiger partial charge in [-0.1, -0.05) is 45.0 Å². The maximum Gasteiger partial charge on any atom is 0.106 e. The van der Waals surface area contributed by atoms with E-state index in [-0.39, 0.29) is 5.41 Å². The lowest BCUT2D eigenvalue weighted by molar-refractivity contribution is 0.217. The van der Waals surface area contributed by atoms with Gasteiger partial charge >= 0.3 is 0 Å². The van der Waals surface area contributed by atoms with Crippen molar-refractivity contribution in [1.82, 2.24) is 0 Å². The first-order valence-corrected chi connectivity index (χ1v) is 7.64. The van der Waals surface area contributed by atoms with Gasteiger partial charge in [0.05, 0.1) is 0 Å². The van der Waals surface area contributed by atoms with Gasteiger partial charge in [0.25, 0.3) is 0 Å². The van der Waals surface area contributed by atoms with Crippen LogP contribution >= 0.6 is 27.3 Å². The molecular formula is C15H17BrOS. The van der Waals surface area contributed by atoms with E-state index >= 15 is 0 Å². The van der Waals surface area contributed by atoms with Crippen molar-refractivity contribution in [2.24, 2.45) is 0 Å². The SMILES string of the molecule is CC(C)(C)c1ccccc1C(O)c1cscc1Br. The Morgan fingerprint density at radius 1 is 1.11 bits per heavy atom. The van der Waals surface area contributed by atoms with Crippen molar-refractivity contribution in [2.75, 3.05) is 0 Å². The molecule has 2 rings (SSSR count). The summed E-state index contributed by atoms with van der Waals surface area (Å²) in [5.74, 6) is 0. The zero-order chi connectivity index (χ0) is 13.3. The van der Waals surface area contributed by atoms with E-state index < -0.39 is 6.10 Å². The molecule has 1 aromatic heterocycles. The normalized spacial score (nSPS) is 13.6. The Balaban J connectivity index is 2.49. The molecule has 1 heterocycles. The summed E-state index contributed by atoms with van der Waals surface area (Å²) < 4.78 is 0.976. The van der Waals surface area contributed by atoms with E-state index in [9.17, 15) is 5.11 Å². The van der Waals surface area contributed by atoms with Crippen molar-refractivity contribution in [3.63, 3.8) is 0 Å². The molecule has 1 N–H and O–H groups in total. The summed E-state index contributed by atoms with van der Waals surface area (Å²) in [5.41, 5.74) is 3.15. The first kappa shape index (κ1) is 13.8. The van der Waals surface area contributed by atoms with Crippen molar-refractivity contribution in [3.8, 4) is 0 Å². The minimum Gasteiger partial charge on any atom is -0.384 e. The van der Waals surface area contributed by atoms with Crippen LogP contribution in [0.3, 0.4) is 0 Å². The molecule has 0 aliphatic heterocycles. The minimum absolute atomic E-state index is 0.0278. The van der Waals surface area contributed by atoms with Crippen molar-refractivity contribution >= 4 is 27.3 Å². The monoisotopic (exact) mass is 324 g/mol. The molecular weight excluding hydrogens is 308 g/mol. The van der Waals surface area contributed by atoms with Gasteiger partial charge in [-0.05, 0) is 37.9 Å². The number of hydrogen-bond donors (Lipinski definition) is 1. The molecule has 96 valence electrons. The molecule has 18 heavy (non-hydrogen) atoms. The van der Waals surface area contributed by atoms with Gasteiger partial charge in [-0.3, -0.25) is 0 Å². The van der Waals surface area contributed by atoms with Crippen LogP contribution in [0.15, 0.2) is 39.5 Å². The maximum atomic E-state index is 10.6. The third kappa shape index (κ3) is 2.68. The Hall–Kier alpha value is -0.640. The third-order valence-electron chi connectivity index (χ3n) is 3.00. The highest BCUT2D eigenvalue weighted by Crippen LogP contribution is 2.36. The smallest absolute Gasteiger partial charge is 0.106 e. The molecule has 0 aliphatic carbocycles. The van der Waals surface area contributed by atoms with Crippen LogP contribution in [0, 0.1) is 0 Å². The Kier molecular flexibility index (Phi) is 3.95. The van der Waals surface area contributed by atoms with E-state index in [1.807, 2.05) is 29.0 Å². The van der Waals surface area contributed by atoms with Crippen LogP contribution in [0.2, 0.25) is 0 Å². The van der Waals surface area contributed by atoms with Crippen molar-refractivity contribution in [3.05, 3.63) is 56.2 Å². The minimum atomic E-state index is -0.568. The second kappa shape index (κ2) is 5.16. The number of hydrogen-bond acceptors (Lipinski definition) is 2. The van der Waals surface area contributed by atoms with Crippen LogP contribution in [0.5, 0.6) is 0 Å². The molecule has 1 unspecified atom stereocenters. The fourth-order valence-electron chi connectivity index (χ4n) is 2.07. The van der Waals surface area contributed by atoms with Gasteiger partial charge in [0.2, 0.25) is 0 Å². The van der Waals surface area contributed by atoms with Crippen molar-refractivity contribution in [2.45, 2.75) is 32.3 Å². The fraction of sp³-hybridized carbons (Fsp3) is 0.333. The second-order valence-electron chi connectivity index (χ2n) is 5.41. The molecule has 0 amide bonds. The lowest BCUT2D eigenvalue weighted by Crippen LogP contribution is -2.16. The predicted octanol–water partition coefficient (Wildman–Crippen LogP) is 4.89. The average molecular weight is 325 g/mol. The molecule has 0 spiro atoms. The van der Waals surface area contributed by atoms with Gasteiger partial charge in [0, 0.05) is 15.4 Å². The van der Waals surface area contributed by atoms with Gasteiger partial charge in [-0.25, -0.2) is 0 Å². The van der Waals surface area contributed by atoms with Crippen LogP contribution in [0.4, 0.5) is 0 Å². The number of benzene rings is 1. The molecule has 1 nitrogen and oxygen atoms in total. The molecule has 0 fully saturated rings. The highest BCUT2D eigenvalue weighted by atomic mass is 79.9. The standard InChI is InChI=1S/C15H17BrOS/c1-15(2,3)12-7-5-4-6-10(12)14(17)11-8-18-9-13(11)16/h4-9,14,17H,1-3H3. The van der Waals surface area contributed by atoms with Gasteiger partial charge in [0.1, 0.15) is 6.10 Å². The van der Waals surface area contributed by atoms with Gasteiger partial charge in [-0.2, -0.15) is 11.3 Å². The van der Waals surface area contributed by atoms with Crippen LogP contribution in [0.25, 0.3) is 0 Å². The lowest BCUT2D eigenvalue weighted by atomic mass is 9.81. The largest absolute Gasteiger partial charge is 0.384 e. The summed E-state index contributed by atoms with van der Waals surface area (Å²) in [4.78, 5) is 0. The van der Waals surface area contributed by atoms with E-state index in [0.29, 0.717) is 0 Å². The van der Waals surface area contributed by atoms with Gasteiger partial charge in [-0.15, -0.1) is 0 Å². The summed E-state index contributed by atoms with van der Waals surface area (Å²) in [6, 6.07) is 8.11. The van der Waals surface area contributed by atoms with Crippen molar-refractivity contribution in [1.29, 1.82) is 0 Å². The number of aliphatic hydroxyl groups excluding tert-OH is 1. The van der Waals surface area contributed by atoms with Crippen LogP contribution in [0.1, 0.15) is 43.6 Å². The molecule has 2 aromatic rings. The predicted molar refractivity (Wildman–Crippen MR) is 81.2 cm³/mol. The quantitative estimate of drug-likeness (QED) is 0.833. The first-order chi connectivity index (χ1) is 8.41. The Morgan fingerprint density at radius 3 is 2.33 bits per heavy atom.